The van der Waals surface area contributed by atoms with E-state index in [-0.39, 0.29) is 12.6 Å². The van der Waals surface area contributed by atoms with E-state index in [1.807, 2.05) is 6.92 Å². The summed E-state index contributed by atoms with van der Waals surface area (Å²) in [6.45, 7) is 2.36. The number of hydrogen-bond donors (Lipinski definition) is 3. The van der Waals surface area contributed by atoms with E-state index in [0.717, 1.165) is 12.8 Å². The van der Waals surface area contributed by atoms with Crippen molar-refractivity contribution in [2.24, 2.45) is 0 Å². The molecule has 0 saturated heterocycles. The van der Waals surface area contributed by atoms with E-state index >= 15 is 0 Å². The predicted molar refractivity (Wildman–Crippen MR) is 54.6 cm³/mol. The molecule has 0 rings (SSSR count). The van der Waals surface area contributed by atoms with Gasteiger partial charge in [0.2, 0.25) is 0 Å². The minimum Gasteiger partial charge on any atom is -0.479 e. The molecule has 88 valence electrons. The van der Waals surface area contributed by atoms with Crippen molar-refractivity contribution in [2.75, 3.05) is 20.1 Å². The van der Waals surface area contributed by atoms with E-state index in [9.17, 15) is 9.59 Å². The van der Waals surface area contributed by atoms with Crippen molar-refractivity contribution in [3.05, 3.63) is 0 Å². The molecule has 3 N–H and O–H groups in total. The zero-order valence-electron chi connectivity index (χ0n) is 9.06. The number of carbonyl (C=O) groups excluding carboxylic acids is 1. The Bertz CT molecular complexity index is 220. The van der Waals surface area contributed by atoms with Gasteiger partial charge in [0.15, 0.2) is 6.10 Å². The molecular formula is C9H18N2O4. The Morgan fingerprint density at radius 1 is 1.47 bits per heavy atom. The monoisotopic (exact) mass is 218 g/mol. The Hall–Kier alpha value is -1.30. The minimum atomic E-state index is -1.55. The standard InChI is InChI=1S/C9H18N2O4/c1-3-4-5-11(2)9(15)10-6-7(12)8(13)14/h7,12H,3-6H2,1-2H3,(H,10,15)(H,13,14)/t7-/m0/s1. The van der Waals surface area contributed by atoms with E-state index in [1.54, 1.807) is 7.05 Å². The van der Waals surface area contributed by atoms with Crippen molar-refractivity contribution < 1.29 is 19.8 Å². The number of carbonyl (C=O) groups is 2. The van der Waals surface area contributed by atoms with E-state index in [2.05, 4.69) is 5.32 Å². The van der Waals surface area contributed by atoms with Gasteiger partial charge in [0.1, 0.15) is 0 Å². The van der Waals surface area contributed by atoms with Crippen molar-refractivity contribution in [1.29, 1.82) is 0 Å². The number of aliphatic hydroxyl groups excluding tert-OH is 1. The third-order valence-electron chi connectivity index (χ3n) is 1.93. The highest BCUT2D eigenvalue weighted by Gasteiger charge is 2.15. The van der Waals surface area contributed by atoms with E-state index in [0.29, 0.717) is 6.54 Å². The number of nitrogens with zero attached hydrogens (tertiary/aromatic N) is 1. The molecule has 0 heterocycles. The van der Waals surface area contributed by atoms with Crippen LogP contribution >= 0.6 is 0 Å². The second kappa shape index (κ2) is 7.05. The smallest absolute Gasteiger partial charge is 0.334 e. The number of carboxylic acids is 1. The maximum Gasteiger partial charge on any atom is 0.334 e. The third-order valence-corrected chi connectivity index (χ3v) is 1.93. The van der Waals surface area contributed by atoms with Crippen molar-refractivity contribution >= 4 is 12.0 Å². The molecule has 6 nitrogen and oxygen atoms in total. The average Bonchev–Trinajstić information content (AvgIpc) is 2.21. The van der Waals surface area contributed by atoms with Crippen LogP contribution in [-0.2, 0) is 4.79 Å². The van der Waals surface area contributed by atoms with Crippen LogP contribution in [0.4, 0.5) is 4.79 Å². The summed E-state index contributed by atoms with van der Waals surface area (Å²) in [6.07, 6.45) is 0.328. The molecule has 0 radical (unpaired) electrons. The fourth-order valence-electron chi connectivity index (χ4n) is 0.903. The van der Waals surface area contributed by atoms with Crippen LogP contribution in [0.1, 0.15) is 19.8 Å². The van der Waals surface area contributed by atoms with Gasteiger partial charge in [-0.2, -0.15) is 0 Å². The van der Waals surface area contributed by atoms with E-state index in [1.165, 1.54) is 4.90 Å². The number of aliphatic hydroxyl groups is 1. The van der Waals surface area contributed by atoms with Crippen LogP contribution in [0.5, 0.6) is 0 Å². The van der Waals surface area contributed by atoms with Crippen LogP contribution in [0.15, 0.2) is 0 Å². The number of aliphatic carboxylic acids is 1. The quantitative estimate of drug-likeness (QED) is 0.579. The van der Waals surface area contributed by atoms with Gasteiger partial charge in [-0.15, -0.1) is 0 Å². The number of nitrogens with one attached hydrogen (secondary N) is 1. The summed E-state index contributed by atoms with van der Waals surface area (Å²) in [5.74, 6) is -1.34. The topological polar surface area (TPSA) is 89.9 Å². The summed E-state index contributed by atoms with van der Waals surface area (Å²) in [4.78, 5) is 23.0. The molecule has 0 aromatic rings. The Balaban J connectivity index is 3.77. The summed E-state index contributed by atoms with van der Waals surface area (Å²) in [6, 6.07) is -0.372. The summed E-state index contributed by atoms with van der Waals surface area (Å²) in [7, 11) is 1.62. The second-order valence-electron chi connectivity index (χ2n) is 3.32. The first-order valence-corrected chi connectivity index (χ1v) is 4.88. The van der Waals surface area contributed by atoms with Gasteiger partial charge in [0, 0.05) is 13.6 Å². The molecule has 0 aromatic carbocycles. The first-order chi connectivity index (χ1) is 6.99. The Morgan fingerprint density at radius 3 is 2.53 bits per heavy atom. The first-order valence-electron chi connectivity index (χ1n) is 4.88. The zero-order chi connectivity index (χ0) is 11.8. The molecular weight excluding hydrogens is 200 g/mol. The molecule has 0 spiro atoms. The van der Waals surface area contributed by atoms with Crippen LogP contribution in [0.2, 0.25) is 0 Å². The predicted octanol–water partition coefficient (Wildman–Crippen LogP) is -0.127. The molecule has 0 aliphatic carbocycles. The summed E-state index contributed by atoms with van der Waals surface area (Å²) < 4.78 is 0. The number of amides is 2. The lowest BCUT2D eigenvalue weighted by atomic mass is 10.3. The molecule has 0 aromatic heterocycles. The lowest BCUT2D eigenvalue weighted by molar-refractivity contribution is -0.146. The normalized spacial score (nSPS) is 11.9. The summed E-state index contributed by atoms with van der Waals surface area (Å²) in [5.41, 5.74) is 0. The van der Waals surface area contributed by atoms with Gasteiger partial charge >= 0.3 is 12.0 Å². The number of carboxylic acid groups (broad SMARTS) is 1. The SMILES string of the molecule is CCCCN(C)C(=O)NC[C@H](O)C(=O)O. The molecule has 2 amide bonds. The maximum absolute atomic E-state index is 11.3. The number of rotatable bonds is 6. The second-order valence-corrected chi connectivity index (χ2v) is 3.32. The van der Waals surface area contributed by atoms with E-state index < -0.39 is 12.1 Å². The average molecular weight is 218 g/mol. The maximum atomic E-state index is 11.3. The highest BCUT2D eigenvalue weighted by molar-refractivity contribution is 5.76. The van der Waals surface area contributed by atoms with Crippen LogP contribution in [-0.4, -0.2) is 53.4 Å². The van der Waals surface area contributed by atoms with Crippen molar-refractivity contribution in [3.8, 4) is 0 Å². The molecule has 0 saturated carbocycles. The molecule has 15 heavy (non-hydrogen) atoms. The van der Waals surface area contributed by atoms with Crippen LogP contribution in [0.25, 0.3) is 0 Å². The van der Waals surface area contributed by atoms with Crippen molar-refractivity contribution in [1.82, 2.24) is 10.2 Å². The highest BCUT2D eigenvalue weighted by Crippen LogP contribution is 1.92. The van der Waals surface area contributed by atoms with Gasteiger partial charge in [0.05, 0.1) is 6.54 Å². The molecule has 0 aliphatic rings. The van der Waals surface area contributed by atoms with Crippen LogP contribution in [0, 0.1) is 0 Å². The minimum absolute atomic E-state index is 0.273. The zero-order valence-corrected chi connectivity index (χ0v) is 9.06. The van der Waals surface area contributed by atoms with Gasteiger partial charge in [-0.3, -0.25) is 0 Å². The number of hydrogen-bond acceptors (Lipinski definition) is 3. The van der Waals surface area contributed by atoms with E-state index in [4.69, 9.17) is 10.2 Å². The Kier molecular flexibility index (Phi) is 6.44. The summed E-state index contributed by atoms with van der Waals surface area (Å²) in [5, 5.41) is 19.6. The molecule has 6 heteroatoms. The van der Waals surface area contributed by atoms with Gasteiger partial charge in [-0.05, 0) is 6.42 Å². The molecule has 1 atom stereocenters. The largest absolute Gasteiger partial charge is 0.479 e. The third kappa shape index (κ3) is 5.90. The Labute approximate surface area is 88.9 Å². The van der Waals surface area contributed by atoms with Gasteiger partial charge in [-0.25, -0.2) is 9.59 Å². The fourth-order valence-corrected chi connectivity index (χ4v) is 0.903. The van der Waals surface area contributed by atoms with Crippen molar-refractivity contribution in [3.63, 3.8) is 0 Å². The Morgan fingerprint density at radius 2 is 2.07 bits per heavy atom. The highest BCUT2D eigenvalue weighted by atomic mass is 16.4. The number of urea groups is 1. The first kappa shape index (κ1) is 13.7. The summed E-state index contributed by atoms with van der Waals surface area (Å²) >= 11 is 0. The fraction of sp³-hybridized carbons (Fsp3) is 0.778. The van der Waals surface area contributed by atoms with Gasteiger partial charge in [-0.1, -0.05) is 13.3 Å². The lowest BCUT2D eigenvalue weighted by Gasteiger charge is -2.18. The molecule has 0 unspecified atom stereocenters. The van der Waals surface area contributed by atoms with Crippen molar-refractivity contribution in [2.45, 2.75) is 25.9 Å². The lowest BCUT2D eigenvalue weighted by Crippen LogP contribution is -2.43. The van der Waals surface area contributed by atoms with Gasteiger partial charge < -0.3 is 20.4 Å². The molecule has 0 aliphatic heterocycles. The van der Waals surface area contributed by atoms with Gasteiger partial charge in [0.25, 0.3) is 0 Å². The van der Waals surface area contributed by atoms with Crippen LogP contribution in [0.3, 0.4) is 0 Å². The number of unbranched alkanes of at least 4 members (excludes halogenated alkanes) is 1. The molecule has 0 bridgehead atoms. The molecule has 0 fully saturated rings. The van der Waals surface area contributed by atoms with Crippen LogP contribution < -0.4 is 5.32 Å².